The van der Waals surface area contributed by atoms with Gasteiger partial charge < -0.3 is 15.3 Å². The molecule has 0 bridgehead atoms. The van der Waals surface area contributed by atoms with Gasteiger partial charge in [0.2, 0.25) is 5.91 Å². The van der Waals surface area contributed by atoms with E-state index in [2.05, 4.69) is 5.32 Å². The number of carbonyl (C=O) groups is 1. The molecule has 0 radical (unpaired) electrons. The minimum Gasteiger partial charge on any atom is -0.396 e. The molecule has 1 amide bonds. The second-order valence-corrected chi connectivity index (χ2v) is 6.50. The highest BCUT2D eigenvalue weighted by Gasteiger charge is 2.27. The molecule has 2 fully saturated rings. The Morgan fingerprint density at radius 1 is 1.15 bits per heavy atom. The van der Waals surface area contributed by atoms with Gasteiger partial charge in [0.1, 0.15) is 0 Å². The van der Waals surface area contributed by atoms with E-state index in [9.17, 15) is 9.90 Å². The van der Waals surface area contributed by atoms with Crippen molar-refractivity contribution < 1.29 is 9.90 Å². The predicted molar refractivity (Wildman–Crippen MR) is 80.4 cm³/mol. The predicted octanol–water partition coefficient (Wildman–Crippen LogP) is 1.78. The molecular weight excluding hydrogens is 252 g/mol. The molecule has 3 unspecified atom stereocenters. The number of aliphatic hydroxyl groups excluding tert-OH is 1. The van der Waals surface area contributed by atoms with Crippen molar-refractivity contribution in [3.05, 3.63) is 0 Å². The second-order valence-electron chi connectivity index (χ2n) is 6.50. The molecule has 2 rings (SSSR count). The number of likely N-dealkylation sites (tertiary alicyclic amines) is 1. The fraction of sp³-hybridized carbons (Fsp3) is 0.938. The van der Waals surface area contributed by atoms with Crippen LogP contribution in [-0.4, -0.2) is 48.2 Å². The maximum Gasteiger partial charge on any atom is 0.239 e. The number of aliphatic hydroxyl groups is 1. The van der Waals surface area contributed by atoms with Crippen molar-refractivity contribution in [3.63, 3.8) is 0 Å². The Kier molecular flexibility index (Phi) is 6.30. The van der Waals surface area contributed by atoms with E-state index in [1.807, 2.05) is 11.8 Å². The highest BCUT2D eigenvalue weighted by atomic mass is 16.3. The molecule has 20 heavy (non-hydrogen) atoms. The van der Waals surface area contributed by atoms with E-state index in [0.717, 1.165) is 38.9 Å². The lowest BCUT2D eigenvalue weighted by atomic mass is 9.79. The fourth-order valence-corrected chi connectivity index (χ4v) is 3.60. The molecule has 2 N–H and O–H groups in total. The van der Waals surface area contributed by atoms with Gasteiger partial charge in [0.25, 0.3) is 0 Å². The van der Waals surface area contributed by atoms with E-state index in [4.69, 9.17) is 0 Å². The van der Waals surface area contributed by atoms with Crippen LogP contribution in [0.2, 0.25) is 0 Å². The molecule has 0 spiro atoms. The van der Waals surface area contributed by atoms with Crippen LogP contribution < -0.4 is 5.32 Å². The Morgan fingerprint density at radius 3 is 2.45 bits per heavy atom. The van der Waals surface area contributed by atoms with Gasteiger partial charge in [0.15, 0.2) is 0 Å². The van der Waals surface area contributed by atoms with Gasteiger partial charge in [-0.05, 0) is 57.4 Å². The molecular formula is C16H30N2O2. The van der Waals surface area contributed by atoms with E-state index in [1.165, 1.54) is 25.7 Å². The number of nitrogens with one attached hydrogen (secondary N) is 1. The molecule has 0 aromatic carbocycles. The highest BCUT2D eigenvalue weighted by molar-refractivity contribution is 5.81. The third-order valence-corrected chi connectivity index (χ3v) is 5.03. The minimum atomic E-state index is -0.0885. The fourth-order valence-electron chi connectivity index (χ4n) is 3.60. The minimum absolute atomic E-state index is 0.0885. The van der Waals surface area contributed by atoms with Crippen LogP contribution in [0.25, 0.3) is 0 Å². The quantitative estimate of drug-likeness (QED) is 0.808. The van der Waals surface area contributed by atoms with Crippen molar-refractivity contribution in [2.24, 2.45) is 11.8 Å². The zero-order chi connectivity index (χ0) is 14.4. The van der Waals surface area contributed by atoms with Crippen LogP contribution >= 0.6 is 0 Å². The molecule has 1 aliphatic carbocycles. The summed E-state index contributed by atoms with van der Waals surface area (Å²) < 4.78 is 0. The highest BCUT2D eigenvalue weighted by Crippen LogP contribution is 2.29. The molecule has 2 aliphatic rings. The third kappa shape index (κ3) is 4.19. The summed E-state index contributed by atoms with van der Waals surface area (Å²) in [5, 5.41) is 12.8. The van der Waals surface area contributed by atoms with Gasteiger partial charge in [-0.2, -0.15) is 0 Å². The van der Waals surface area contributed by atoms with Crippen LogP contribution in [0.15, 0.2) is 0 Å². The maximum atomic E-state index is 12.3. The summed E-state index contributed by atoms with van der Waals surface area (Å²) in [7, 11) is 0. The number of hydrogen-bond donors (Lipinski definition) is 2. The largest absolute Gasteiger partial charge is 0.396 e. The van der Waals surface area contributed by atoms with Gasteiger partial charge in [-0.15, -0.1) is 0 Å². The van der Waals surface area contributed by atoms with Crippen molar-refractivity contribution in [3.8, 4) is 0 Å². The number of nitrogens with zero attached hydrogens (tertiary/aromatic N) is 1. The standard InChI is InChI=1S/C16H30N2O2/c1-13(16(20)18-9-5-2-6-10-18)17-11-14-7-3-4-8-15(14)12-19/h13-15,17,19H,2-12H2,1H3. The van der Waals surface area contributed by atoms with E-state index < -0.39 is 0 Å². The molecule has 1 aliphatic heterocycles. The lowest BCUT2D eigenvalue weighted by Gasteiger charge is -2.33. The molecule has 0 aromatic rings. The average molecular weight is 282 g/mol. The van der Waals surface area contributed by atoms with Gasteiger partial charge in [0.05, 0.1) is 6.04 Å². The molecule has 116 valence electrons. The summed E-state index contributed by atoms with van der Waals surface area (Å²) in [6, 6.07) is -0.0885. The summed E-state index contributed by atoms with van der Waals surface area (Å²) in [5.74, 6) is 1.21. The van der Waals surface area contributed by atoms with E-state index in [1.54, 1.807) is 0 Å². The Morgan fingerprint density at radius 2 is 1.80 bits per heavy atom. The lowest BCUT2D eigenvalue weighted by molar-refractivity contribution is -0.134. The second kappa shape index (κ2) is 7.99. The number of rotatable bonds is 5. The zero-order valence-electron chi connectivity index (χ0n) is 12.8. The third-order valence-electron chi connectivity index (χ3n) is 5.03. The summed E-state index contributed by atoms with van der Waals surface area (Å²) in [4.78, 5) is 14.3. The molecule has 3 atom stereocenters. The Bertz CT molecular complexity index is 303. The number of amides is 1. The number of piperidine rings is 1. The number of hydrogen-bond acceptors (Lipinski definition) is 3. The summed E-state index contributed by atoms with van der Waals surface area (Å²) in [5.41, 5.74) is 0. The SMILES string of the molecule is CC(NCC1CCCCC1CO)C(=O)N1CCCCC1. The summed E-state index contributed by atoms with van der Waals surface area (Å²) in [6.07, 6.45) is 8.37. The Balaban J connectivity index is 1.75. The van der Waals surface area contributed by atoms with Crippen molar-refractivity contribution in [2.45, 2.75) is 57.9 Å². The number of carbonyl (C=O) groups excluding carboxylic acids is 1. The normalized spacial score (nSPS) is 29.2. The van der Waals surface area contributed by atoms with Gasteiger partial charge in [-0.1, -0.05) is 12.8 Å². The summed E-state index contributed by atoms with van der Waals surface area (Å²) in [6.45, 7) is 4.99. The smallest absolute Gasteiger partial charge is 0.239 e. The van der Waals surface area contributed by atoms with Crippen LogP contribution in [0.3, 0.4) is 0 Å². The van der Waals surface area contributed by atoms with Crippen LogP contribution in [0, 0.1) is 11.8 Å². The summed E-state index contributed by atoms with van der Waals surface area (Å²) >= 11 is 0. The first kappa shape index (κ1) is 15.8. The van der Waals surface area contributed by atoms with Crippen LogP contribution in [-0.2, 0) is 4.79 Å². The van der Waals surface area contributed by atoms with E-state index >= 15 is 0 Å². The molecule has 1 saturated heterocycles. The average Bonchev–Trinajstić information content (AvgIpc) is 2.53. The first-order chi connectivity index (χ1) is 9.72. The van der Waals surface area contributed by atoms with Crippen LogP contribution in [0.5, 0.6) is 0 Å². The molecule has 0 aromatic heterocycles. The first-order valence-corrected chi connectivity index (χ1v) is 8.35. The molecule has 1 saturated carbocycles. The van der Waals surface area contributed by atoms with Gasteiger partial charge in [-0.3, -0.25) is 4.79 Å². The molecule has 4 heteroatoms. The van der Waals surface area contributed by atoms with E-state index in [-0.39, 0.29) is 11.9 Å². The van der Waals surface area contributed by atoms with Crippen molar-refractivity contribution in [1.29, 1.82) is 0 Å². The molecule has 1 heterocycles. The van der Waals surface area contributed by atoms with Gasteiger partial charge >= 0.3 is 0 Å². The van der Waals surface area contributed by atoms with Gasteiger partial charge in [0, 0.05) is 19.7 Å². The van der Waals surface area contributed by atoms with Crippen LogP contribution in [0.4, 0.5) is 0 Å². The van der Waals surface area contributed by atoms with Crippen LogP contribution in [0.1, 0.15) is 51.9 Å². The van der Waals surface area contributed by atoms with Crippen molar-refractivity contribution in [2.75, 3.05) is 26.2 Å². The van der Waals surface area contributed by atoms with Crippen molar-refractivity contribution >= 4 is 5.91 Å². The van der Waals surface area contributed by atoms with Crippen molar-refractivity contribution in [1.82, 2.24) is 10.2 Å². The lowest BCUT2D eigenvalue weighted by Crippen LogP contribution is -2.48. The topological polar surface area (TPSA) is 52.6 Å². The van der Waals surface area contributed by atoms with Gasteiger partial charge in [-0.25, -0.2) is 0 Å². The first-order valence-electron chi connectivity index (χ1n) is 8.35. The molecule has 4 nitrogen and oxygen atoms in total. The Labute approximate surface area is 122 Å². The maximum absolute atomic E-state index is 12.3. The Hall–Kier alpha value is -0.610. The monoisotopic (exact) mass is 282 g/mol. The zero-order valence-corrected chi connectivity index (χ0v) is 12.8. The van der Waals surface area contributed by atoms with E-state index in [0.29, 0.717) is 18.4 Å².